The lowest BCUT2D eigenvalue weighted by Crippen LogP contribution is -2.36. The SMILES string of the molecule is N#C/C(=C\c1c(Oc2ccccc2)nc2ccccn2c1=O)C(=O)N[C@@H]1CCS(=O)(=O)C1. The fourth-order valence-corrected chi connectivity index (χ4v) is 5.02. The van der Waals surface area contributed by atoms with E-state index in [0.717, 1.165) is 6.08 Å². The molecule has 0 aliphatic carbocycles. The third-order valence-electron chi connectivity index (χ3n) is 4.91. The number of hydrogen-bond donors (Lipinski definition) is 1. The number of ether oxygens (including phenoxy) is 1. The number of nitrogens with one attached hydrogen (secondary N) is 1. The maximum atomic E-state index is 13.1. The molecule has 1 amide bonds. The summed E-state index contributed by atoms with van der Waals surface area (Å²) in [6.07, 6.45) is 2.91. The molecular formula is C22H18N4O5S. The Hall–Kier alpha value is -3.97. The van der Waals surface area contributed by atoms with Crippen LogP contribution in [0.4, 0.5) is 0 Å². The number of pyridine rings is 1. The number of aromatic nitrogens is 2. The van der Waals surface area contributed by atoms with Crippen LogP contribution in [0.3, 0.4) is 0 Å². The Morgan fingerprint density at radius 2 is 1.97 bits per heavy atom. The molecule has 9 nitrogen and oxygen atoms in total. The standard InChI is InChI=1S/C22H18N4O5S/c23-13-15(20(27)24-16-9-11-32(29,30)14-16)12-18-21(31-17-6-2-1-3-7-17)25-19-8-4-5-10-26(19)22(18)28/h1-8,10,12,16H,9,11,14H2,(H,24,27)/b15-12+/t16-/m1/s1. The first-order chi connectivity index (χ1) is 15.4. The zero-order chi connectivity index (χ0) is 22.7. The van der Waals surface area contributed by atoms with Crippen molar-refractivity contribution in [1.82, 2.24) is 14.7 Å². The smallest absolute Gasteiger partial charge is 0.269 e. The van der Waals surface area contributed by atoms with Crippen LogP contribution in [0.2, 0.25) is 0 Å². The molecule has 1 saturated heterocycles. The van der Waals surface area contributed by atoms with E-state index in [1.807, 2.05) is 0 Å². The van der Waals surface area contributed by atoms with E-state index in [1.165, 1.54) is 10.6 Å². The van der Waals surface area contributed by atoms with Crippen molar-refractivity contribution in [3.8, 4) is 17.7 Å². The van der Waals surface area contributed by atoms with Gasteiger partial charge in [-0.25, -0.2) is 8.42 Å². The van der Waals surface area contributed by atoms with Crippen molar-refractivity contribution in [3.05, 3.63) is 76.2 Å². The molecule has 1 fully saturated rings. The van der Waals surface area contributed by atoms with Gasteiger partial charge in [-0.05, 0) is 36.8 Å². The number of rotatable bonds is 5. The predicted molar refractivity (Wildman–Crippen MR) is 117 cm³/mol. The van der Waals surface area contributed by atoms with Crippen LogP contribution in [0.15, 0.2) is 65.1 Å². The monoisotopic (exact) mass is 450 g/mol. The summed E-state index contributed by atoms with van der Waals surface area (Å²) in [4.78, 5) is 30.1. The summed E-state index contributed by atoms with van der Waals surface area (Å²) in [5, 5.41) is 12.1. The number of hydrogen-bond acceptors (Lipinski definition) is 7. The van der Waals surface area contributed by atoms with Gasteiger partial charge < -0.3 is 10.1 Å². The van der Waals surface area contributed by atoms with Crippen LogP contribution in [0.1, 0.15) is 12.0 Å². The molecular weight excluding hydrogens is 432 g/mol. The zero-order valence-electron chi connectivity index (χ0n) is 16.8. The Kier molecular flexibility index (Phi) is 5.75. The fraction of sp³-hybridized carbons (Fsp3) is 0.182. The molecule has 162 valence electrons. The molecule has 3 aromatic rings. The van der Waals surface area contributed by atoms with Crippen molar-refractivity contribution in [2.24, 2.45) is 0 Å². The number of amides is 1. The Labute approximate surface area is 183 Å². The Morgan fingerprint density at radius 3 is 2.66 bits per heavy atom. The number of para-hydroxylation sites is 1. The van der Waals surface area contributed by atoms with E-state index in [4.69, 9.17) is 4.74 Å². The molecule has 32 heavy (non-hydrogen) atoms. The fourth-order valence-electron chi connectivity index (χ4n) is 3.35. The van der Waals surface area contributed by atoms with Gasteiger partial charge in [0, 0.05) is 12.2 Å². The van der Waals surface area contributed by atoms with Gasteiger partial charge in [-0.15, -0.1) is 0 Å². The summed E-state index contributed by atoms with van der Waals surface area (Å²) in [5.41, 5.74) is -0.629. The van der Waals surface area contributed by atoms with Crippen LogP contribution >= 0.6 is 0 Å². The van der Waals surface area contributed by atoms with Crippen LogP contribution in [0.5, 0.6) is 11.6 Å². The van der Waals surface area contributed by atoms with Crippen molar-refractivity contribution in [1.29, 1.82) is 5.26 Å². The Bertz CT molecular complexity index is 1420. The number of carbonyl (C=O) groups is 1. The average Bonchev–Trinajstić information content (AvgIpc) is 3.12. The normalized spacial score (nSPS) is 17.6. The molecule has 1 aromatic carbocycles. The van der Waals surface area contributed by atoms with Gasteiger partial charge in [-0.2, -0.15) is 10.2 Å². The number of nitrogens with zero attached hydrogens (tertiary/aromatic N) is 3. The van der Waals surface area contributed by atoms with Crippen LogP contribution in [0.25, 0.3) is 11.7 Å². The maximum absolute atomic E-state index is 13.1. The summed E-state index contributed by atoms with van der Waals surface area (Å²) < 4.78 is 30.4. The average molecular weight is 450 g/mol. The van der Waals surface area contributed by atoms with Crippen molar-refractivity contribution in [2.45, 2.75) is 12.5 Å². The number of fused-ring (bicyclic) bond motifs is 1. The Morgan fingerprint density at radius 1 is 1.22 bits per heavy atom. The highest BCUT2D eigenvalue weighted by atomic mass is 32.2. The van der Waals surface area contributed by atoms with Crippen LogP contribution in [0, 0.1) is 11.3 Å². The van der Waals surface area contributed by atoms with E-state index in [-0.39, 0.29) is 34.9 Å². The minimum Gasteiger partial charge on any atom is -0.438 e. The summed E-state index contributed by atoms with van der Waals surface area (Å²) in [7, 11) is -3.21. The lowest BCUT2D eigenvalue weighted by molar-refractivity contribution is -0.117. The molecule has 10 heteroatoms. The number of benzene rings is 1. The molecule has 1 N–H and O–H groups in total. The maximum Gasteiger partial charge on any atom is 0.269 e. The molecule has 0 saturated carbocycles. The van der Waals surface area contributed by atoms with Gasteiger partial charge in [0.25, 0.3) is 11.5 Å². The Balaban J connectivity index is 1.75. The first kappa shape index (κ1) is 21.3. The number of sulfone groups is 1. The summed E-state index contributed by atoms with van der Waals surface area (Å²) in [5.74, 6) is -0.600. The second kappa shape index (κ2) is 8.64. The van der Waals surface area contributed by atoms with E-state index < -0.39 is 27.3 Å². The molecule has 1 atom stereocenters. The molecule has 1 aliphatic heterocycles. The lowest BCUT2D eigenvalue weighted by Gasteiger charge is -2.12. The topological polar surface area (TPSA) is 131 Å². The van der Waals surface area contributed by atoms with E-state index in [1.54, 1.807) is 54.6 Å². The molecule has 0 spiro atoms. The number of nitriles is 1. The van der Waals surface area contributed by atoms with Crippen molar-refractivity contribution in [2.75, 3.05) is 11.5 Å². The second-order valence-electron chi connectivity index (χ2n) is 7.22. The first-order valence-electron chi connectivity index (χ1n) is 9.74. The minimum atomic E-state index is -3.21. The molecule has 2 aromatic heterocycles. The largest absolute Gasteiger partial charge is 0.438 e. The minimum absolute atomic E-state index is 0.0193. The molecule has 3 heterocycles. The van der Waals surface area contributed by atoms with Gasteiger partial charge in [0.05, 0.1) is 11.5 Å². The van der Waals surface area contributed by atoms with Gasteiger partial charge in [0.15, 0.2) is 9.84 Å². The molecule has 0 bridgehead atoms. The van der Waals surface area contributed by atoms with Gasteiger partial charge >= 0.3 is 0 Å². The second-order valence-corrected chi connectivity index (χ2v) is 9.45. The van der Waals surface area contributed by atoms with Crippen LogP contribution in [-0.4, -0.2) is 41.3 Å². The number of carbonyl (C=O) groups excluding carboxylic acids is 1. The predicted octanol–water partition coefficient (Wildman–Crippen LogP) is 1.70. The highest BCUT2D eigenvalue weighted by Gasteiger charge is 2.29. The van der Waals surface area contributed by atoms with E-state index >= 15 is 0 Å². The summed E-state index contributed by atoms with van der Waals surface area (Å²) in [6, 6.07) is 14.9. The van der Waals surface area contributed by atoms with Crippen LogP contribution < -0.4 is 15.6 Å². The molecule has 0 radical (unpaired) electrons. The first-order valence-corrected chi connectivity index (χ1v) is 11.6. The van der Waals surface area contributed by atoms with E-state index in [0.29, 0.717) is 11.4 Å². The molecule has 4 rings (SSSR count). The van der Waals surface area contributed by atoms with Crippen molar-refractivity contribution >= 4 is 27.5 Å². The lowest BCUT2D eigenvalue weighted by atomic mass is 10.1. The van der Waals surface area contributed by atoms with Gasteiger partial charge in [0.1, 0.15) is 28.6 Å². The summed E-state index contributed by atoms with van der Waals surface area (Å²) in [6.45, 7) is 0. The quantitative estimate of drug-likeness (QED) is 0.462. The molecule has 0 unspecified atom stereocenters. The summed E-state index contributed by atoms with van der Waals surface area (Å²) >= 11 is 0. The van der Waals surface area contributed by atoms with E-state index in [9.17, 15) is 23.3 Å². The van der Waals surface area contributed by atoms with Crippen LogP contribution in [-0.2, 0) is 14.6 Å². The van der Waals surface area contributed by atoms with Gasteiger partial charge in [0.2, 0.25) is 5.88 Å². The van der Waals surface area contributed by atoms with Crippen molar-refractivity contribution in [3.63, 3.8) is 0 Å². The van der Waals surface area contributed by atoms with Gasteiger partial charge in [-0.3, -0.25) is 14.0 Å². The third-order valence-corrected chi connectivity index (χ3v) is 6.68. The highest BCUT2D eigenvalue weighted by molar-refractivity contribution is 7.91. The molecule has 1 aliphatic rings. The van der Waals surface area contributed by atoms with Crippen molar-refractivity contribution < 1.29 is 17.9 Å². The third kappa shape index (κ3) is 4.53. The van der Waals surface area contributed by atoms with Gasteiger partial charge in [-0.1, -0.05) is 24.3 Å². The van der Waals surface area contributed by atoms with E-state index in [2.05, 4.69) is 10.3 Å². The highest BCUT2D eigenvalue weighted by Crippen LogP contribution is 2.24. The zero-order valence-corrected chi connectivity index (χ0v) is 17.6.